The monoisotopic (exact) mass is 271 g/mol. The molecule has 0 spiro atoms. The molecular weight excluding hydrogens is 258 g/mol. The van der Waals surface area contributed by atoms with Crippen LogP contribution in [0.5, 0.6) is 5.75 Å². The van der Waals surface area contributed by atoms with Crippen molar-refractivity contribution >= 4 is 29.2 Å². The van der Waals surface area contributed by atoms with Crippen LogP contribution in [0.2, 0.25) is 0 Å². The van der Waals surface area contributed by atoms with E-state index in [0.29, 0.717) is 10.3 Å². The molecule has 2 rings (SSSR count). The molecule has 0 atom stereocenters. The summed E-state index contributed by atoms with van der Waals surface area (Å²) in [6, 6.07) is 5.24. The van der Waals surface area contributed by atoms with Gasteiger partial charge in [-0.15, -0.1) is 23.5 Å². The van der Waals surface area contributed by atoms with E-state index in [1.807, 2.05) is 29.6 Å². The summed E-state index contributed by atoms with van der Waals surface area (Å²) in [5.41, 5.74) is 1.06. The van der Waals surface area contributed by atoms with Crippen molar-refractivity contribution in [1.29, 1.82) is 0 Å². The molecule has 17 heavy (non-hydrogen) atoms. The highest BCUT2D eigenvalue weighted by Crippen LogP contribution is 2.45. The van der Waals surface area contributed by atoms with Crippen LogP contribution in [-0.4, -0.2) is 23.5 Å². The third-order valence-corrected chi connectivity index (χ3v) is 5.51. The lowest BCUT2D eigenvalue weighted by atomic mass is 10.2. The van der Waals surface area contributed by atoms with Crippen molar-refractivity contribution in [2.45, 2.75) is 11.0 Å². The van der Waals surface area contributed by atoms with Crippen molar-refractivity contribution in [2.75, 3.05) is 18.6 Å². The van der Waals surface area contributed by atoms with Crippen LogP contribution < -0.4 is 4.74 Å². The van der Waals surface area contributed by atoms with Crippen molar-refractivity contribution in [2.24, 2.45) is 0 Å². The lowest BCUT2D eigenvalue weighted by molar-refractivity contribution is -0.385. The molecule has 92 valence electrons. The van der Waals surface area contributed by atoms with Gasteiger partial charge in [-0.1, -0.05) is 6.07 Å². The van der Waals surface area contributed by atoms with E-state index < -0.39 is 0 Å². The molecule has 1 saturated heterocycles. The Balaban J connectivity index is 2.29. The van der Waals surface area contributed by atoms with E-state index in [1.165, 1.54) is 13.5 Å². The second kappa shape index (κ2) is 5.64. The molecule has 0 N–H and O–H groups in total. The number of methoxy groups -OCH3 is 1. The maximum Gasteiger partial charge on any atom is 0.311 e. The van der Waals surface area contributed by atoms with Crippen molar-refractivity contribution < 1.29 is 9.66 Å². The van der Waals surface area contributed by atoms with E-state index in [2.05, 4.69) is 0 Å². The van der Waals surface area contributed by atoms with E-state index in [-0.39, 0.29) is 10.6 Å². The molecule has 0 saturated carbocycles. The van der Waals surface area contributed by atoms with Gasteiger partial charge >= 0.3 is 5.69 Å². The van der Waals surface area contributed by atoms with Gasteiger partial charge in [0.15, 0.2) is 5.75 Å². The molecule has 0 radical (unpaired) electrons. The fourth-order valence-corrected chi connectivity index (χ4v) is 4.55. The fourth-order valence-electron chi connectivity index (χ4n) is 1.68. The number of thioether (sulfide) groups is 2. The highest BCUT2D eigenvalue weighted by molar-refractivity contribution is 8.16. The largest absolute Gasteiger partial charge is 0.490 e. The molecule has 1 heterocycles. The van der Waals surface area contributed by atoms with Gasteiger partial charge in [-0.05, 0) is 29.6 Å². The number of nitro groups is 1. The number of nitro benzene ring substituents is 1. The first-order valence-electron chi connectivity index (χ1n) is 5.28. The Morgan fingerprint density at radius 3 is 2.71 bits per heavy atom. The van der Waals surface area contributed by atoms with Gasteiger partial charge in [-0.2, -0.15) is 0 Å². The average molecular weight is 271 g/mol. The minimum absolute atomic E-state index is 0.0526. The van der Waals surface area contributed by atoms with Crippen molar-refractivity contribution in [3.63, 3.8) is 0 Å². The predicted octanol–water partition coefficient (Wildman–Crippen LogP) is 3.47. The van der Waals surface area contributed by atoms with Gasteiger partial charge in [0.25, 0.3) is 0 Å². The number of hydrogen-bond acceptors (Lipinski definition) is 5. The van der Waals surface area contributed by atoms with Crippen LogP contribution in [-0.2, 0) is 0 Å². The Kier molecular flexibility index (Phi) is 4.17. The molecule has 1 aliphatic heterocycles. The predicted molar refractivity (Wildman–Crippen MR) is 71.9 cm³/mol. The highest BCUT2D eigenvalue weighted by Gasteiger charge is 2.21. The summed E-state index contributed by atoms with van der Waals surface area (Å²) >= 11 is 3.70. The van der Waals surface area contributed by atoms with Crippen LogP contribution in [0.15, 0.2) is 18.2 Å². The van der Waals surface area contributed by atoms with Crippen LogP contribution in [0.4, 0.5) is 5.69 Å². The summed E-state index contributed by atoms with van der Waals surface area (Å²) in [7, 11) is 1.45. The molecule has 1 aromatic rings. The topological polar surface area (TPSA) is 52.4 Å². The number of ether oxygens (including phenoxy) is 1. The third kappa shape index (κ3) is 2.87. The van der Waals surface area contributed by atoms with Gasteiger partial charge in [0, 0.05) is 6.07 Å². The van der Waals surface area contributed by atoms with E-state index in [1.54, 1.807) is 12.1 Å². The van der Waals surface area contributed by atoms with Crippen LogP contribution in [0.1, 0.15) is 16.6 Å². The van der Waals surface area contributed by atoms with E-state index in [0.717, 1.165) is 17.1 Å². The Hall–Kier alpha value is -0.880. The Morgan fingerprint density at radius 1 is 1.41 bits per heavy atom. The van der Waals surface area contributed by atoms with Gasteiger partial charge in [0.2, 0.25) is 0 Å². The molecule has 4 nitrogen and oxygen atoms in total. The maximum atomic E-state index is 10.9. The quantitative estimate of drug-likeness (QED) is 0.622. The molecule has 1 aliphatic rings. The van der Waals surface area contributed by atoms with E-state index in [4.69, 9.17) is 4.74 Å². The van der Waals surface area contributed by atoms with Gasteiger partial charge < -0.3 is 4.74 Å². The molecule has 1 aromatic carbocycles. The molecule has 0 bridgehead atoms. The number of hydrogen-bond donors (Lipinski definition) is 0. The lowest BCUT2D eigenvalue weighted by Crippen LogP contribution is -2.01. The standard InChI is InChI=1S/C11H13NO3S2/c1-15-10-4-3-8(7-9(10)12(13)14)11-16-5-2-6-17-11/h3-4,7,11H,2,5-6H2,1H3. The smallest absolute Gasteiger partial charge is 0.311 e. The highest BCUT2D eigenvalue weighted by atomic mass is 32.2. The van der Waals surface area contributed by atoms with Crippen molar-refractivity contribution in [3.05, 3.63) is 33.9 Å². The second-order valence-electron chi connectivity index (χ2n) is 3.62. The Bertz CT molecular complexity index is 419. The SMILES string of the molecule is COc1ccc(C2SCCCS2)cc1[N+](=O)[O-]. The third-order valence-electron chi connectivity index (χ3n) is 2.50. The fraction of sp³-hybridized carbons (Fsp3) is 0.455. The molecule has 0 aromatic heterocycles. The lowest BCUT2D eigenvalue weighted by Gasteiger charge is -2.21. The summed E-state index contributed by atoms with van der Waals surface area (Å²) in [4.78, 5) is 10.5. The molecule has 0 aliphatic carbocycles. The van der Waals surface area contributed by atoms with Crippen LogP contribution >= 0.6 is 23.5 Å². The van der Waals surface area contributed by atoms with Gasteiger partial charge in [-0.3, -0.25) is 10.1 Å². The zero-order valence-electron chi connectivity index (χ0n) is 9.42. The zero-order chi connectivity index (χ0) is 12.3. The van der Waals surface area contributed by atoms with Crippen molar-refractivity contribution in [3.8, 4) is 5.75 Å². The Morgan fingerprint density at radius 2 is 2.12 bits per heavy atom. The summed E-state index contributed by atoms with van der Waals surface area (Å²) < 4.78 is 5.31. The molecule has 1 fully saturated rings. The summed E-state index contributed by atoms with van der Waals surface area (Å²) in [6.07, 6.45) is 1.21. The molecule has 0 unspecified atom stereocenters. The molecule has 0 amide bonds. The second-order valence-corrected chi connectivity index (χ2v) is 6.34. The molecular formula is C11H13NO3S2. The van der Waals surface area contributed by atoms with Crippen LogP contribution in [0.3, 0.4) is 0 Å². The van der Waals surface area contributed by atoms with Crippen LogP contribution in [0, 0.1) is 10.1 Å². The maximum absolute atomic E-state index is 10.9. The average Bonchev–Trinajstić information content (AvgIpc) is 2.39. The van der Waals surface area contributed by atoms with Crippen LogP contribution in [0.25, 0.3) is 0 Å². The minimum Gasteiger partial charge on any atom is -0.490 e. The van der Waals surface area contributed by atoms with Gasteiger partial charge in [-0.25, -0.2) is 0 Å². The van der Waals surface area contributed by atoms with Gasteiger partial charge in [0.05, 0.1) is 16.6 Å². The minimum atomic E-state index is -0.388. The van der Waals surface area contributed by atoms with Gasteiger partial charge in [0.1, 0.15) is 0 Å². The first-order valence-corrected chi connectivity index (χ1v) is 7.37. The zero-order valence-corrected chi connectivity index (χ0v) is 11.1. The summed E-state index contributed by atoms with van der Waals surface area (Å²) in [5.74, 6) is 2.57. The number of rotatable bonds is 3. The normalized spacial score (nSPS) is 16.8. The van der Waals surface area contributed by atoms with E-state index >= 15 is 0 Å². The number of benzene rings is 1. The molecule has 6 heteroatoms. The van der Waals surface area contributed by atoms with Crippen molar-refractivity contribution in [1.82, 2.24) is 0 Å². The summed E-state index contributed by atoms with van der Waals surface area (Å²) in [5, 5.41) is 10.9. The first kappa shape index (κ1) is 12.6. The summed E-state index contributed by atoms with van der Waals surface area (Å²) in [6.45, 7) is 0. The number of nitrogens with zero attached hydrogens (tertiary/aromatic N) is 1. The first-order chi connectivity index (χ1) is 8.22. The Labute approximate surface area is 108 Å². The van der Waals surface area contributed by atoms with E-state index in [9.17, 15) is 10.1 Å².